The summed E-state index contributed by atoms with van der Waals surface area (Å²) >= 11 is 0. The van der Waals surface area contributed by atoms with Gasteiger partial charge in [0.2, 0.25) is 0 Å². The summed E-state index contributed by atoms with van der Waals surface area (Å²) in [5.74, 6) is 0. The second kappa shape index (κ2) is 5.98. The summed E-state index contributed by atoms with van der Waals surface area (Å²) in [5, 5.41) is 0. The van der Waals surface area contributed by atoms with Gasteiger partial charge >= 0.3 is 12.4 Å². The molecule has 0 unspecified atom stereocenters. The molecule has 2 rings (SSSR count). The molecule has 0 bridgehead atoms. The molecule has 2 aromatic carbocycles. The van der Waals surface area contributed by atoms with E-state index < -0.39 is 23.5 Å². The maximum absolute atomic E-state index is 12.7. The minimum absolute atomic E-state index is 0.0978. The summed E-state index contributed by atoms with van der Waals surface area (Å²) in [6.07, 6.45) is -7.11. The van der Waals surface area contributed by atoms with Crippen molar-refractivity contribution in [3.05, 3.63) is 64.7 Å². The standard InChI is InChI=1S/C16H11F6N/c17-15(18,19)12-7-11(8-13(9-12)16(20,21)22)2-1-10-3-5-14(23)6-4-10/h1-9H,23H2. The van der Waals surface area contributed by atoms with Crippen molar-refractivity contribution in [1.82, 2.24) is 0 Å². The number of halogens is 6. The van der Waals surface area contributed by atoms with Crippen LogP contribution in [0.5, 0.6) is 0 Å². The van der Waals surface area contributed by atoms with E-state index in [1.165, 1.54) is 12.2 Å². The Morgan fingerprint density at radius 2 is 1.09 bits per heavy atom. The van der Waals surface area contributed by atoms with Crippen LogP contribution in [0.25, 0.3) is 12.2 Å². The zero-order valence-corrected chi connectivity index (χ0v) is 11.5. The van der Waals surface area contributed by atoms with Crippen molar-refractivity contribution in [1.29, 1.82) is 0 Å². The first-order valence-corrected chi connectivity index (χ1v) is 6.39. The fraction of sp³-hybridized carbons (Fsp3) is 0.125. The molecule has 122 valence electrons. The Kier molecular flexibility index (Phi) is 4.40. The number of nitrogens with two attached hydrogens (primary N) is 1. The fourth-order valence-corrected chi connectivity index (χ4v) is 1.87. The maximum Gasteiger partial charge on any atom is 0.416 e. The van der Waals surface area contributed by atoms with Gasteiger partial charge in [0.15, 0.2) is 0 Å². The molecule has 1 nitrogen and oxygen atoms in total. The molecular weight excluding hydrogens is 320 g/mol. The van der Waals surface area contributed by atoms with Gasteiger partial charge in [0.25, 0.3) is 0 Å². The quantitative estimate of drug-likeness (QED) is 0.440. The first-order chi connectivity index (χ1) is 10.6. The van der Waals surface area contributed by atoms with Crippen molar-refractivity contribution in [2.45, 2.75) is 12.4 Å². The van der Waals surface area contributed by atoms with Gasteiger partial charge < -0.3 is 5.73 Å². The first-order valence-electron chi connectivity index (χ1n) is 6.39. The number of hydrogen-bond donors (Lipinski definition) is 1. The van der Waals surface area contributed by atoms with Crippen LogP contribution in [-0.2, 0) is 12.4 Å². The SMILES string of the molecule is Nc1ccc(C=Cc2cc(C(F)(F)F)cc(C(F)(F)F)c2)cc1. The molecule has 7 heteroatoms. The molecule has 0 aliphatic rings. The average Bonchev–Trinajstić information content (AvgIpc) is 2.44. The van der Waals surface area contributed by atoms with Gasteiger partial charge in [-0.25, -0.2) is 0 Å². The van der Waals surface area contributed by atoms with E-state index in [0.717, 1.165) is 0 Å². The number of benzene rings is 2. The number of rotatable bonds is 2. The van der Waals surface area contributed by atoms with Crippen molar-refractivity contribution in [2.24, 2.45) is 0 Å². The summed E-state index contributed by atoms with van der Waals surface area (Å²) in [5.41, 5.74) is 3.72. The fourth-order valence-electron chi connectivity index (χ4n) is 1.87. The molecule has 0 saturated heterocycles. The van der Waals surface area contributed by atoms with Gasteiger partial charge in [-0.05, 0) is 41.5 Å². The molecule has 0 saturated carbocycles. The Morgan fingerprint density at radius 1 is 0.652 bits per heavy atom. The molecule has 2 aromatic rings. The molecule has 0 amide bonds. The summed E-state index contributed by atoms with van der Waals surface area (Å²) < 4.78 is 76.4. The Bertz CT molecular complexity index is 679. The van der Waals surface area contributed by atoms with Gasteiger partial charge in [-0.1, -0.05) is 24.3 Å². The lowest BCUT2D eigenvalue weighted by molar-refractivity contribution is -0.143. The highest BCUT2D eigenvalue weighted by Crippen LogP contribution is 2.36. The van der Waals surface area contributed by atoms with E-state index in [1.54, 1.807) is 24.3 Å². The Labute approximate surface area is 128 Å². The van der Waals surface area contributed by atoms with Gasteiger partial charge in [-0.3, -0.25) is 0 Å². The molecule has 0 fully saturated rings. The third kappa shape index (κ3) is 4.51. The predicted molar refractivity (Wildman–Crippen MR) is 76.2 cm³/mol. The second-order valence-corrected chi connectivity index (χ2v) is 4.84. The smallest absolute Gasteiger partial charge is 0.399 e. The van der Waals surface area contributed by atoms with Crippen LogP contribution < -0.4 is 5.73 Å². The third-order valence-electron chi connectivity index (χ3n) is 3.01. The van der Waals surface area contributed by atoms with Crippen molar-refractivity contribution in [2.75, 3.05) is 5.73 Å². The van der Waals surface area contributed by atoms with Crippen LogP contribution in [0.3, 0.4) is 0 Å². The van der Waals surface area contributed by atoms with E-state index in [0.29, 0.717) is 23.4 Å². The van der Waals surface area contributed by atoms with Crippen molar-refractivity contribution in [3.8, 4) is 0 Å². The van der Waals surface area contributed by atoms with E-state index in [4.69, 9.17) is 5.73 Å². The molecule has 0 aliphatic carbocycles. The van der Waals surface area contributed by atoms with Crippen LogP contribution in [0.1, 0.15) is 22.3 Å². The number of alkyl halides is 6. The molecule has 0 aliphatic heterocycles. The third-order valence-corrected chi connectivity index (χ3v) is 3.01. The number of anilines is 1. The first kappa shape index (κ1) is 16.9. The van der Waals surface area contributed by atoms with E-state index in [2.05, 4.69) is 0 Å². The van der Waals surface area contributed by atoms with Gasteiger partial charge in [0, 0.05) is 5.69 Å². The largest absolute Gasteiger partial charge is 0.416 e. The van der Waals surface area contributed by atoms with Crippen molar-refractivity contribution >= 4 is 17.8 Å². The highest BCUT2D eigenvalue weighted by Gasteiger charge is 2.36. The molecule has 0 heterocycles. The Hall–Kier alpha value is -2.44. The van der Waals surface area contributed by atoms with E-state index in [9.17, 15) is 26.3 Å². The van der Waals surface area contributed by atoms with Crippen LogP contribution in [0.4, 0.5) is 32.0 Å². The molecule has 0 radical (unpaired) electrons. The second-order valence-electron chi connectivity index (χ2n) is 4.84. The van der Waals surface area contributed by atoms with Crippen LogP contribution in [0.2, 0.25) is 0 Å². The molecule has 2 N–H and O–H groups in total. The minimum Gasteiger partial charge on any atom is -0.399 e. The minimum atomic E-state index is -4.86. The summed E-state index contributed by atoms with van der Waals surface area (Å²) in [6.45, 7) is 0. The Balaban J connectivity index is 2.43. The van der Waals surface area contributed by atoms with Crippen LogP contribution in [-0.4, -0.2) is 0 Å². The molecule has 0 spiro atoms. The van der Waals surface area contributed by atoms with Gasteiger partial charge in [0.05, 0.1) is 11.1 Å². The predicted octanol–water partition coefficient (Wildman–Crippen LogP) is 5.48. The van der Waals surface area contributed by atoms with E-state index in [1.807, 2.05) is 0 Å². The monoisotopic (exact) mass is 331 g/mol. The summed E-state index contributed by atoms with van der Waals surface area (Å²) in [7, 11) is 0. The van der Waals surface area contributed by atoms with Gasteiger partial charge in [0.1, 0.15) is 0 Å². The lowest BCUT2D eigenvalue weighted by atomic mass is 10.0. The normalized spacial score (nSPS) is 12.8. The van der Waals surface area contributed by atoms with Gasteiger partial charge in [-0.2, -0.15) is 26.3 Å². The zero-order chi connectivity index (χ0) is 17.3. The Morgan fingerprint density at radius 3 is 1.52 bits per heavy atom. The number of nitrogen functional groups attached to an aromatic ring is 1. The lowest BCUT2D eigenvalue weighted by Crippen LogP contribution is -2.11. The van der Waals surface area contributed by atoms with Crippen molar-refractivity contribution < 1.29 is 26.3 Å². The molecule has 0 aromatic heterocycles. The van der Waals surface area contributed by atoms with Crippen LogP contribution in [0.15, 0.2) is 42.5 Å². The highest BCUT2D eigenvalue weighted by atomic mass is 19.4. The topological polar surface area (TPSA) is 26.0 Å². The van der Waals surface area contributed by atoms with Crippen LogP contribution >= 0.6 is 0 Å². The number of hydrogen-bond acceptors (Lipinski definition) is 1. The average molecular weight is 331 g/mol. The van der Waals surface area contributed by atoms with Crippen molar-refractivity contribution in [3.63, 3.8) is 0 Å². The van der Waals surface area contributed by atoms with E-state index in [-0.39, 0.29) is 11.6 Å². The summed E-state index contributed by atoms with van der Waals surface area (Å²) in [4.78, 5) is 0. The van der Waals surface area contributed by atoms with Crippen LogP contribution in [0, 0.1) is 0 Å². The lowest BCUT2D eigenvalue weighted by Gasteiger charge is -2.12. The van der Waals surface area contributed by atoms with E-state index >= 15 is 0 Å². The van der Waals surface area contributed by atoms with Gasteiger partial charge in [-0.15, -0.1) is 0 Å². The highest BCUT2D eigenvalue weighted by molar-refractivity contribution is 5.71. The molecular formula is C16H11F6N. The maximum atomic E-state index is 12.7. The zero-order valence-electron chi connectivity index (χ0n) is 11.5. The summed E-state index contributed by atoms with van der Waals surface area (Å²) in [6, 6.07) is 7.79. The molecule has 0 atom stereocenters. The molecule has 23 heavy (non-hydrogen) atoms.